The Morgan fingerprint density at radius 2 is 1.63 bits per heavy atom. The number of hydrogen-bond donors (Lipinski definition) is 2. The molecule has 2 N–H and O–H groups in total. The van der Waals surface area contributed by atoms with Crippen LogP contribution in [0, 0.1) is 6.92 Å². The van der Waals surface area contributed by atoms with E-state index >= 15 is 0 Å². The van der Waals surface area contributed by atoms with Crippen molar-refractivity contribution in [3.8, 4) is 5.75 Å². The summed E-state index contributed by atoms with van der Waals surface area (Å²) in [7, 11) is 0. The third-order valence-corrected chi connectivity index (χ3v) is 7.01. The van der Waals surface area contributed by atoms with E-state index in [1.165, 1.54) is 0 Å². The van der Waals surface area contributed by atoms with Crippen LogP contribution in [0.25, 0.3) is 6.08 Å². The summed E-state index contributed by atoms with van der Waals surface area (Å²) in [5.74, 6) is -0.785. The van der Waals surface area contributed by atoms with E-state index in [4.69, 9.17) is 4.74 Å². The SMILES string of the molecule is CSc1cccc(NC(=O)CN2C(=O)S/C(=C/c3ccc(OCC(=O)Nc4cccc(C)c4)cc3)C2=O)c1. The van der Waals surface area contributed by atoms with Crippen LogP contribution in [0.4, 0.5) is 16.2 Å². The second-order valence-electron chi connectivity index (χ2n) is 8.32. The van der Waals surface area contributed by atoms with Crippen LogP contribution >= 0.6 is 23.5 Å². The third kappa shape index (κ3) is 7.27. The molecule has 3 aromatic carbocycles. The number of rotatable bonds is 9. The van der Waals surface area contributed by atoms with Crippen LogP contribution < -0.4 is 15.4 Å². The zero-order valence-corrected chi connectivity index (χ0v) is 22.4. The smallest absolute Gasteiger partial charge is 0.294 e. The zero-order chi connectivity index (χ0) is 27.1. The third-order valence-electron chi connectivity index (χ3n) is 5.38. The van der Waals surface area contributed by atoms with Gasteiger partial charge in [-0.05, 0) is 84.6 Å². The first kappa shape index (κ1) is 27.0. The lowest BCUT2D eigenvalue weighted by Crippen LogP contribution is -2.36. The Morgan fingerprint density at radius 3 is 2.34 bits per heavy atom. The van der Waals surface area contributed by atoms with Gasteiger partial charge in [0.05, 0.1) is 4.91 Å². The van der Waals surface area contributed by atoms with E-state index in [1.807, 2.05) is 49.6 Å². The van der Waals surface area contributed by atoms with Gasteiger partial charge in [-0.25, -0.2) is 0 Å². The van der Waals surface area contributed by atoms with Crippen molar-refractivity contribution in [3.05, 3.63) is 88.8 Å². The van der Waals surface area contributed by atoms with Crippen molar-refractivity contribution >= 4 is 63.9 Å². The molecule has 1 aliphatic rings. The summed E-state index contributed by atoms with van der Waals surface area (Å²) in [4.78, 5) is 51.9. The van der Waals surface area contributed by atoms with Crippen LogP contribution in [0.15, 0.2) is 82.6 Å². The lowest BCUT2D eigenvalue weighted by Gasteiger charge is -2.12. The Morgan fingerprint density at radius 1 is 0.947 bits per heavy atom. The molecule has 0 radical (unpaired) electrons. The number of ether oxygens (including phenoxy) is 1. The fourth-order valence-corrected chi connectivity index (χ4v) is 4.86. The summed E-state index contributed by atoms with van der Waals surface area (Å²) in [6, 6.07) is 21.6. The average Bonchev–Trinajstić information content (AvgIpc) is 3.15. The molecular formula is C28H25N3O5S2. The minimum absolute atomic E-state index is 0.157. The molecule has 0 unspecified atom stereocenters. The molecule has 1 heterocycles. The first-order valence-electron chi connectivity index (χ1n) is 11.6. The second-order valence-corrected chi connectivity index (χ2v) is 10.2. The quantitative estimate of drug-likeness (QED) is 0.273. The summed E-state index contributed by atoms with van der Waals surface area (Å²) in [6.45, 7) is 1.41. The molecule has 0 aromatic heterocycles. The van der Waals surface area contributed by atoms with Crippen LogP contribution in [0.3, 0.4) is 0 Å². The van der Waals surface area contributed by atoms with Gasteiger partial charge in [0.2, 0.25) is 5.91 Å². The van der Waals surface area contributed by atoms with Crippen molar-refractivity contribution in [2.75, 3.05) is 30.0 Å². The summed E-state index contributed by atoms with van der Waals surface area (Å²) < 4.78 is 5.54. The number of nitrogens with one attached hydrogen (secondary N) is 2. The van der Waals surface area contributed by atoms with Crippen molar-refractivity contribution in [2.45, 2.75) is 11.8 Å². The number of anilines is 2. The summed E-state index contributed by atoms with van der Waals surface area (Å²) in [6.07, 6.45) is 3.51. The van der Waals surface area contributed by atoms with Crippen molar-refractivity contribution in [1.82, 2.24) is 4.90 Å². The molecule has 10 heteroatoms. The van der Waals surface area contributed by atoms with Crippen LogP contribution in [-0.4, -0.2) is 47.3 Å². The van der Waals surface area contributed by atoms with Crippen LogP contribution in [-0.2, 0) is 14.4 Å². The molecule has 1 saturated heterocycles. The zero-order valence-electron chi connectivity index (χ0n) is 20.7. The maximum absolute atomic E-state index is 12.8. The van der Waals surface area contributed by atoms with E-state index in [1.54, 1.807) is 54.2 Å². The van der Waals surface area contributed by atoms with Crippen LogP contribution in [0.5, 0.6) is 5.75 Å². The van der Waals surface area contributed by atoms with E-state index < -0.39 is 17.1 Å². The van der Waals surface area contributed by atoms with Crippen molar-refractivity contribution < 1.29 is 23.9 Å². The molecule has 0 spiro atoms. The Balaban J connectivity index is 1.31. The number of nitrogens with zero attached hydrogens (tertiary/aromatic N) is 1. The molecule has 3 aromatic rings. The van der Waals surface area contributed by atoms with Gasteiger partial charge in [0.15, 0.2) is 6.61 Å². The van der Waals surface area contributed by atoms with Crippen molar-refractivity contribution in [2.24, 2.45) is 0 Å². The van der Waals surface area contributed by atoms with Gasteiger partial charge in [-0.1, -0.05) is 30.3 Å². The van der Waals surface area contributed by atoms with Gasteiger partial charge < -0.3 is 15.4 Å². The molecule has 0 bridgehead atoms. The first-order valence-corrected chi connectivity index (χ1v) is 13.6. The number of imide groups is 1. The topological polar surface area (TPSA) is 105 Å². The van der Waals surface area contributed by atoms with E-state index in [2.05, 4.69) is 10.6 Å². The predicted octanol–water partition coefficient (Wildman–Crippen LogP) is 5.41. The maximum atomic E-state index is 12.8. The number of amides is 4. The number of carbonyl (C=O) groups excluding carboxylic acids is 4. The summed E-state index contributed by atoms with van der Waals surface area (Å²) >= 11 is 2.33. The highest BCUT2D eigenvalue weighted by molar-refractivity contribution is 8.18. The van der Waals surface area contributed by atoms with E-state index in [-0.39, 0.29) is 24.0 Å². The van der Waals surface area contributed by atoms with Gasteiger partial charge >= 0.3 is 0 Å². The Labute approximate surface area is 228 Å². The molecule has 38 heavy (non-hydrogen) atoms. The largest absolute Gasteiger partial charge is 0.484 e. The van der Waals surface area contributed by atoms with Gasteiger partial charge in [-0.15, -0.1) is 11.8 Å². The van der Waals surface area contributed by atoms with Gasteiger partial charge in [0.25, 0.3) is 17.1 Å². The number of hydrogen-bond acceptors (Lipinski definition) is 7. The molecule has 8 nitrogen and oxygen atoms in total. The number of thioether (sulfide) groups is 2. The van der Waals surface area contributed by atoms with Gasteiger partial charge in [-0.3, -0.25) is 24.1 Å². The Kier molecular flexibility index (Phi) is 8.88. The second kappa shape index (κ2) is 12.5. The fourth-order valence-electron chi connectivity index (χ4n) is 3.56. The van der Waals surface area contributed by atoms with Gasteiger partial charge in [0, 0.05) is 16.3 Å². The molecule has 1 fully saturated rings. The highest BCUT2D eigenvalue weighted by Gasteiger charge is 2.36. The molecule has 4 rings (SSSR count). The van der Waals surface area contributed by atoms with E-state index in [0.29, 0.717) is 22.7 Å². The van der Waals surface area contributed by atoms with Crippen molar-refractivity contribution in [3.63, 3.8) is 0 Å². The molecule has 1 aliphatic heterocycles. The summed E-state index contributed by atoms with van der Waals surface area (Å²) in [5.41, 5.74) is 3.01. The van der Waals surface area contributed by atoms with Crippen LogP contribution in [0.2, 0.25) is 0 Å². The highest BCUT2D eigenvalue weighted by atomic mass is 32.2. The molecule has 4 amide bonds. The minimum Gasteiger partial charge on any atom is -0.484 e. The van der Waals surface area contributed by atoms with Gasteiger partial charge in [-0.2, -0.15) is 0 Å². The predicted molar refractivity (Wildman–Crippen MR) is 151 cm³/mol. The standard InChI is InChI=1S/C28H25N3O5S2/c1-18-5-3-6-20(13-18)30-26(33)17-36-22-11-9-19(10-12-22)14-24-27(34)31(28(35)38-24)16-25(32)29-21-7-4-8-23(15-21)37-2/h3-15H,16-17H2,1-2H3,(H,29,32)(H,30,33)/b24-14+. The molecule has 0 aliphatic carbocycles. The fraction of sp³-hybridized carbons (Fsp3) is 0.143. The number of carbonyl (C=O) groups is 4. The monoisotopic (exact) mass is 547 g/mol. The Hall–Kier alpha value is -4.02. The van der Waals surface area contributed by atoms with Crippen molar-refractivity contribution in [1.29, 1.82) is 0 Å². The Bertz CT molecular complexity index is 1410. The minimum atomic E-state index is -0.527. The lowest BCUT2D eigenvalue weighted by atomic mass is 10.2. The molecule has 0 atom stereocenters. The molecular weight excluding hydrogens is 522 g/mol. The number of aryl methyl sites for hydroxylation is 1. The molecule has 0 saturated carbocycles. The van der Waals surface area contributed by atoms with Crippen LogP contribution in [0.1, 0.15) is 11.1 Å². The average molecular weight is 548 g/mol. The lowest BCUT2D eigenvalue weighted by molar-refractivity contribution is -0.127. The highest BCUT2D eigenvalue weighted by Crippen LogP contribution is 2.32. The normalized spacial score (nSPS) is 14.1. The number of benzene rings is 3. The van der Waals surface area contributed by atoms with E-state index in [9.17, 15) is 19.2 Å². The van der Waals surface area contributed by atoms with E-state index in [0.717, 1.165) is 27.1 Å². The first-order chi connectivity index (χ1) is 18.3. The van der Waals surface area contributed by atoms with Gasteiger partial charge in [0.1, 0.15) is 12.3 Å². The molecule has 194 valence electrons. The summed E-state index contributed by atoms with van der Waals surface area (Å²) in [5, 5.41) is 4.99. The maximum Gasteiger partial charge on any atom is 0.294 e.